The molecule has 18 heavy (non-hydrogen) atoms. The fourth-order valence-corrected chi connectivity index (χ4v) is 2.48. The third kappa shape index (κ3) is 1.91. The summed E-state index contributed by atoms with van der Waals surface area (Å²) in [7, 11) is 0. The second kappa shape index (κ2) is 3.95. The molecule has 1 saturated carbocycles. The summed E-state index contributed by atoms with van der Waals surface area (Å²) >= 11 is 6.31. The van der Waals surface area contributed by atoms with Gasteiger partial charge in [-0.3, -0.25) is 0 Å². The molecule has 0 aromatic carbocycles. The highest BCUT2D eigenvalue weighted by atomic mass is 35.5. The minimum absolute atomic E-state index is 0.0774. The number of rotatable bonds is 1. The first-order valence-corrected chi connectivity index (χ1v) is 6.89. The normalized spacial score (nSPS) is 17.1. The summed E-state index contributed by atoms with van der Waals surface area (Å²) in [5.41, 5.74) is 2.15. The van der Waals surface area contributed by atoms with Gasteiger partial charge in [0.15, 0.2) is 11.5 Å². The highest BCUT2D eigenvalue weighted by Crippen LogP contribution is 2.35. The first-order chi connectivity index (χ1) is 8.45. The van der Waals surface area contributed by atoms with Gasteiger partial charge in [-0.2, -0.15) is 0 Å². The number of pyridine rings is 1. The van der Waals surface area contributed by atoms with Crippen molar-refractivity contribution in [1.82, 2.24) is 14.6 Å². The molecule has 0 amide bonds. The number of halogens is 1. The maximum absolute atomic E-state index is 6.31. The Hall–Kier alpha value is -1.09. The Labute approximate surface area is 112 Å². The molecular weight excluding hydrogens is 246 g/mol. The highest BCUT2D eigenvalue weighted by Gasteiger charge is 2.25. The lowest BCUT2D eigenvalue weighted by Gasteiger charge is -2.21. The zero-order valence-corrected chi connectivity index (χ0v) is 11.8. The summed E-state index contributed by atoms with van der Waals surface area (Å²) in [6.07, 6.45) is 3.71. The Morgan fingerprint density at radius 3 is 2.56 bits per heavy atom. The Bertz CT molecular complexity index is 591. The Balaban J connectivity index is 2.12. The topological polar surface area (TPSA) is 30.2 Å². The highest BCUT2D eigenvalue weighted by molar-refractivity contribution is 6.29. The monoisotopic (exact) mass is 263 g/mol. The predicted octanol–water partition coefficient (Wildman–Crippen LogP) is 3.95. The Kier molecular flexibility index (Phi) is 2.63. The fraction of sp³-hybridized carbons (Fsp3) is 0.571. The van der Waals surface area contributed by atoms with Gasteiger partial charge >= 0.3 is 0 Å². The van der Waals surface area contributed by atoms with Crippen molar-refractivity contribution in [1.29, 1.82) is 0 Å². The summed E-state index contributed by atoms with van der Waals surface area (Å²) < 4.78 is 1.75. The van der Waals surface area contributed by atoms with Gasteiger partial charge in [-0.1, -0.05) is 38.8 Å². The minimum atomic E-state index is 0.0774. The summed E-state index contributed by atoms with van der Waals surface area (Å²) in [6.45, 7) is 6.54. The van der Waals surface area contributed by atoms with Crippen molar-refractivity contribution in [2.45, 2.75) is 51.4 Å². The number of aromatic nitrogens is 3. The van der Waals surface area contributed by atoms with Crippen molar-refractivity contribution < 1.29 is 0 Å². The molecule has 96 valence electrons. The molecule has 2 aromatic heterocycles. The van der Waals surface area contributed by atoms with Crippen LogP contribution in [0.15, 0.2) is 12.1 Å². The van der Waals surface area contributed by atoms with Gasteiger partial charge in [0.05, 0.1) is 0 Å². The molecule has 3 nitrogen and oxygen atoms in total. The molecule has 2 aromatic rings. The fourth-order valence-electron chi connectivity index (χ4n) is 2.23. The van der Waals surface area contributed by atoms with Gasteiger partial charge in [-0.15, -0.1) is 5.10 Å². The molecular formula is C14H18ClN3. The van der Waals surface area contributed by atoms with E-state index in [0.29, 0.717) is 11.1 Å². The van der Waals surface area contributed by atoms with E-state index < -0.39 is 0 Å². The molecule has 0 saturated heterocycles. The van der Waals surface area contributed by atoms with Crippen LogP contribution in [0.25, 0.3) is 5.65 Å². The summed E-state index contributed by atoms with van der Waals surface area (Å²) in [4.78, 5) is 4.64. The molecule has 1 aliphatic rings. The molecule has 0 aliphatic heterocycles. The number of hydrogen-bond acceptors (Lipinski definition) is 2. The average Bonchev–Trinajstić information content (AvgIpc) is 2.57. The van der Waals surface area contributed by atoms with E-state index in [1.54, 1.807) is 4.52 Å². The molecule has 0 bridgehead atoms. The van der Waals surface area contributed by atoms with E-state index >= 15 is 0 Å². The molecule has 2 heterocycles. The van der Waals surface area contributed by atoms with Crippen LogP contribution >= 0.6 is 11.6 Å². The number of hydrogen-bond donors (Lipinski definition) is 0. The predicted molar refractivity (Wildman–Crippen MR) is 73.3 cm³/mol. The zero-order valence-electron chi connectivity index (χ0n) is 11.1. The van der Waals surface area contributed by atoms with Crippen molar-refractivity contribution in [3.05, 3.63) is 28.7 Å². The third-order valence-electron chi connectivity index (χ3n) is 3.75. The van der Waals surface area contributed by atoms with Crippen LogP contribution in [0, 0.1) is 0 Å². The number of fused-ring (bicyclic) bond motifs is 1. The standard InChI is InChI=1S/C14H18ClN3/c1-14(2,3)10-7-11(15)18-12(8-10)16-13(17-18)9-5-4-6-9/h7-9H,4-6H2,1-3H3. The second-order valence-electron chi connectivity index (χ2n) is 6.18. The molecule has 1 fully saturated rings. The van der Waals surface area contributed by atoms with E-state index in [9.17, 15) is 0 Å². The van der Waals surface area contributed by atoms with Crippen molar-refractivity contribution in [3.8, 4) is 0 Å². The maximum atomic E-state index is 6.31. The van der Waals surface area contributed by atoms with Gasteiger partial charge in [-0.05, 0) is 36.0 Å². The van der Waals surface area contributed by atoms with Crippen LogP contribution in [0.5, 0.6) is 0 Å². The number of nitrogens with zero attached hydrogens (tertiary/aromatic N) is 3. The van der Waals surface area contributed by atoms with Crippen LogP contribution in [0.1, 0.15) is 57.3 Å². The molecule has 3 rings (SSSR count). The van der Waals surface area contributed by atoms with E-state index in [4.69, 9.17) is 11.6 Å². The molecule has 0 spiro atoms. The van der Waals surface area contributed by atoms with Gasteiger partial charge in [0.25, 0.3) is 0 Å². The van der Waals surface area contributed by atoms with Gasteiger partial charge in [0.2, 0.25) is 0 Å². The van der Waals surface area contributed by atoms with Crippen LogP contribution in [0.3, 0.4) is 0 Å². The molecule has 0 unspecified atom stereocenters. The van der Waals surface area contributed by atoms with Gasteiger partial charge < -0.3 is 0 Å². The maximum Gasteiger partial charge on any atom is 0.157 e. The zero-order chi connectivity index (χ0) is 12.9. The van der Waals surface area contributed by atoms with E-state index in [-0.39, 0.29) is 5.41 Å². The van der Waals surface area contributed by atoms with E-state index in [0.717, 1.165) is 11.5 Å². The second-order valence-corrected chi connectivity index (χ2v) is 6.57. The van der Waals surface area contributed by atoms with Crippen LogP contribution in [-0.2, 0) is 5.41 Å². The van der Waals surface area contributed by atoms with Crippen LogP contribution < -0.4 is 0 Å². The Morgan fingerprint density at radius 2 is 2.00 bits per heavy atom. The summed E-state index contributed by atoms with van der Waals surface area (Å²) in [6, 6.07) is 4.09. The molecule has 4 heteroatoms. The van der Waals surface area contributed by atoms with Crippen molar-refractivity contribution in [2.75, 3.05) is 0 Å². The van der Waals surface area contributed by atoms with E-state index in [2.05, 4.69) is 36.9 Å². The summed E-state index contributed by atoms with van der Waals surface area (Å²) in [5, 5.41) is 5.18. The van der Waals surface area contributed by atoms with Gasteiger partial charge in [-0.25, -0.2) is 9.50 Å². The van der Waals surface area contributed by atoms with Gasteiger partial charge in [0, 0.05) is 5.92 Å². The SMILES string of the molecule is CC(C)(C)c1cc(Cl)n2nc(C3CCC3)nc2c1. The van der Waals surface area contributed by atoms with E-state index in [1.807, 2.05) is 6.07 Å². The lowest BCUT2D eigenvalue weighted by Crippen LogP contribution is -2.12. The molecule has 0 N–H and O–H groups in total. The van der Waals surface area contributed by atoms with Crippen molar-refractivity contribution in [2.24, 2.45) is 0 Å². The molecule has 0 atom stereocenters. The van der Waals surface area contributed by atoms with Crippen LogP contribution in [0.4, 0.5) is 0 Å². The summed E-state index contributed by atoms with van der Waals surface area (Å²) in [5.74, 6) is 1.49. The third-order valence-corrected chi connectivity index (χ3v) is 4.02. The quantitative estimate of drug-likeness (QED) is 0.730. The molecule has 1 aliphatic carbocycles. The van der Waals surface area contributed by atoms with Crippen LogP contribution in [-0.4, -0.2) is 14.6 Å². The largest absolute Gasteiger partial charge is 0.212 e. The average molecular weight is 264 g/mol. The van der Waals surface area contributed by atoms with E-state index in [1.165, 1.54) is 24.8 Å². The minimum Gasteiger partial charge on any atom is -0.212 e. The first kappa shape index (κ1) is 12.0. The van der Waals surface area contributed by atoms with Crippen molar-refractivity contribution >= 4 is 17.2 Å². The van der Waals surface area contributed by atoms with Crippen molar-refractivity contribution in [3.63, 3.8) is 0 Å². The molecule has 0 radical (unpaired) electrons. The smallest absolute Gasteiger partial charge is 0.157 e. The van der Waals surface area contributed by atoms with Gasteiger partial charge in [0.1, 0.15) is 5.15 Å². The lowest BCUT2D eigenvalue weighted by atomic mass is 9.85. The lowest BCUT2D eigenvalue weighted by molar-refractivity contribution is 0.402. The Morgan fingerprint density at radius 1 is 1.28 bits per heavy atom. The first-order valence-electron chi connectivity index (χ1n) is 6.52. The van der Waals surface area contributed by atoms with Crippen LogP contribution in [0.2, 0.25) is 5.15 Å².